The van der Waals surface area contributed by atoms with Crippen LogP contribution >= 0.6 is 0 Å². The molecule has 122 valence electrons. The van der Waals surface area contributed by atoms with Gasteiger partial charge in [0.25, 0.3) is 0 Å². The highest BCUT2D eigenvalue weighted by Crippen LogP contribution is 2.34. The summed E-state index contributed by atoms with van der Waals surface area (Å²) in [7, 11) is 0. The summed E-state index contributed by atoms with van der Waals surface area (Å²) >= 11 is 0. The summed E-state index contributed by atoms with van der Waals surface area (Å²) in [6, 6.07) is 4.43. The van der Waals surface area contributed by atoms with Gasteiger partial charge in [0.1, 0.15) is 5.75 Å². The summed E-state index contributed by atoms with van der Waals surface area (Å²) in [5.74, 6) is 0.0470. The van der Waals surface area contributed by atoms with E-state index in [4.69, 9.17) is 4.74 Å². The second-order valence-corrected chi connectivity index (χ2v) is 6.09. The van der Waals surface area contributed by atoms with Crippen molar-refractivity contribution in [2.75, 3.05) is 0 Å². The van der Waals surface area contributed by atoms with Gasteiger partial charge in [0.05, 0.1) is 0 Å². The van der Waals surface area contributed by atoms with Crippen molar-refractivity contribution in [3.8, 4) is 5.75 Å². The maximum atomic E-state index is 12.2. The van der Waals surface area contributed by atoms with Gasteiger partial charge in [-0.3, -0.25) is 10.1 Å². The summed E-state index contributed by atoms with van der Waals surface area (Å²) in [6.45, 7) is 9.84. The highest BCUT2D eigenvalue weighted by molar-refractivity contribution is 5.77. The summed E-state index contributed by atoms with van der Waals surface area (Å²) in [5, 5.41) is 11.1. The van der Waals surface area contributed by atoms with Gasteiger partial charge in [0, 0.05) is 11.3 Å². The third kappa shape index (κ3) is 4.29. The second-order valence-electron chi connectivity index (χ2n) is 6.09. The predicted octanol–water partition coefficient (Wildman–Crippen LogP) is 4.28. The van der Waals surface area contributed by atoms with Crippen molar-refractivity contribution in [1.82, 2.24) is 0 Å². The van der Waals surface area contributed by atoms with E-state index in [0.717, 1.165) is 11.1 Å². The van der Waals surface area contributed by atoms with Crippen LogP contribution in [0.5, 0.6) is 5.75 Å². The number of benzene rings is 1. The molecular formula is C17H25NO4. The summed E-state index contributed by atoms with van der Waals surface area (Å²) < 4.78 is 5.49. The Morgan fingerprint density at radius 2 is 1.68 bits per heavy atom. The minimum absolute atomic E-state index is 0.168. The van der Waals surface area contributed by atoms with Gasteiger partial charge < -0.3 is 4.74 Å². The van der Waals surface area contributed by atoms with Crippen molar-refractivity contribution in [2.24, 2.45) is 0 Å². The van der Waals surface area contributed by atoms with Crippen molar-refractivity contribution in [2.45, 2.75) is 65.3 Å². The van der Waals surface area contributed by atoms with Crippen LogP contribution in [-0.4, -0.2) is 16.9 Å². The van der Waals surface area contributed by atoms with E-state index in [0.29, 0.717) is 12.2 Å². The largest absolute Gasteiger partial charge is 0.421 e. The zero-order chi connectivity index (χ0) is 16.9. The van der Waals surface area contributed by atoms with Crippen LogP contribution in [0.3, 0.4) is 0 Å². The first-order valence-corrected chi connectivity index (χ1v) is 7.77. The first-order valence-electron chi connectivity index (χ1n) is 7.77. The fourth-order valence-electron chi connectivity index (χ4n) is 2.35. The molecule has 0 aliphatic carbocycles. The molecule has 0 aromatic heterocycles. The normalized spacial score (nSPS) is 12.5. The molecule has 1 atom stereocenters. The zero-order valence-electron chi connectivity index (χ0n) is 14.0. The van der Waals surface area contributed by atoms with Crippen LogP contribution in [0.4, 0.5) is 0 Å². The number of esters is 1. The molecule has 0 N–H and O–H groups in total. The molecule has 0 aliphatic rings. The number of carbonyl (C=O) groups excluding carboxylic acids is 1. The van der Waals surface area contributed by atoms with Crippen LogP contribution < -0.4 is 4.74 Å². The Hall–Kier alpha value is -1.91. The number of para-hydroxylation sites is 1. The van der Waals surface area contributed by atoms with Crippen LogP contribution in [0, 0.1) is 10.1 Å². The maximum absolute atomic E-state index is 12.2. The molecule has 5 nitrogen and oxygen atoms in total. The number of hydrogen-bond acceptors (Lipinski definition) is 4. The fourth-order valence-corrected chi connectivity index (χ4v) is 2.35. The Bertz CT molecular complexity index is 511. The van der Waals surface area contributed by atoms with Crippen molar-refractivity contribution in [1.29, 1.82) is 0 Å². The topological polar surface area (TPSA) is 69.4 Å². The lowest BCUT2D eigenvalue weighted by atomic mass is 9.94. The number of ether oxygens (including phenoxy) is 1. The molecule has 0 saturated carbocycles. The van der Waals surface area contributed by atoms with Gasteiger partial charge in [-0.15, -0.1) is 0 Å². The van der Waals surface area contributed by atoms with Crippen molar-refractivity contribution in [3.05, 3.63) is 39.4 Å². The van der Waals surface area contributed by atoms with Crippen molar-refractivity contribution < 1.29 is 14.5 Å². The van der Waals surface area contributed by atoms with Crippen LogP contribution in [-0.2, 0) is 4.79 Å². The minimum Gasteiger partial charge on any atom is -0.421 e. The smallest absolute Gasteiger partial charge is 0.387 e. The highest BCUT2D eigenvalue weighted by Gasteiger charge is 2.32. The Labute approximate surface area is 131 Å². The minimum atomic E-state index is -1.30. The molecule has 5 heteroatoms. The van der Waals surface area contributed by atoms with E-state index in [-0.39, 0.29) is 18.3 Å². The second kappa shape index (κ2) is 7.92. The number of nitro groups is 1. The molecule has 1 rings (SSSR count). The number of carbonyl (C=O) groups is 1. The summed E-state index contributed by atoms with van der Waals surface area (Å²) in [6.07, 6.45) is 0.746. The number of rotatable bonds is 7. The Morgan fingerprint density at radius 1 is 1.18 bits per heavy atom. The molecule has 1 aromatic rings. The standard InChI is InChI=1S/C17H25NO4/c1-6-8-15(18(20)21)17(19)22-16-13(11(2)3)9-7-10-14(16)12(4)5/h7,9-12,15H,6,8H2,1-5H3. The molecule has 0 aliphatic heterocycles. The van der Waals surface area contributed by atoms with Crippen LogP contribution in [0.2, 0.25) is 0 Å². The molecule has 1 unspecified atom stereocenters. The van der Waals surface area contributed by atoms with E-state index in [9.17, 15) is 14.9 Å². The van der Waals surface area contributed by atoms with Crippen LogP contribution in [0.15, 0.2) is 18.2 Å². The molecule has 22 heavy (non-hydrogen) atoms. The van der Waals surface area contributed by atoms with Gasteiger partial charge >= 0.3 is 12.0 Å². The lowest BCUT2D eigenvalue weighted by Gasteiger charge is -2.19. The molecule has 0 heterocycles. The van der Waals surface area contributed by atoms with E-state index in [1.54, 1.807) is 0 Å². The lowest BCUT2D eigenvalue weighted by molar-refractivity contribution is -0.510. The molecular weight excluding hydrogens is 282 g/mol. The average Bonchev–Trinajstić information content (AvgIpc) is 2.43. The van der Waals surface area contributed by atoms with E-state index < -0.39 is 16.9 Å². The number of nitrogens with zero attached hydrogens (tertiary/aromatic N) is 1. The van der Waals surface area contributed by atoms with Gasteiger partial charge in [-0.25, -0.2) is 4.79 Å². The monoisotopic (exact) mass is 307 g/mol. The summed E-state index contributed by atoms with van der Waals surface area (Å²) in [5.41, 5.74) is 1.80. The van der Waals surface area contributed by atoms with Gasteiger partial charge in [0.2, 0.25) is 0 Å². The van der Waals surface area contributed by atoms with Gasteiger partial charge in [0.15, 0.2) is 0 Å². The van der Waals surface area contributed by atoms with Gasteiger partial charge in [-0.05, 0) is 29.4 Å². The van der Waals surface area contributed by atoms with Crippen LogP contribution in [0.25, 0.3) is 0 Å². The fraction of sp³-hybridized carbons (Fsp3) is 0.588. The SMILES string of the molecule is CCCC(C(=O)Oc1c(C(C)C)cccc1C(C)C)[N+](=O)[O-]. The van der Waals surface area contributed by atoms with E-state index in [1.807, 2.05) is 52.8 Å². The molecule has 0 fully saturated rings. The molecule has 0 saturated heterocycles. The van der Waals surface area contributed by atoms with Crippen molar-refractivity contribution >= 4 is 5.97 Å². The zero-order valence-corrected chi connectivity index (χ0v) is 14.0. The third-order valence-electron chi connectivity index (χ3n) is 3.61. The summed E-state index contributed by atoms with van der Waals surface area (Å²) in [4.78, 5) is 22.7. The predicted molar refractivity (Wildman–Crippen MR) is 85.9 cm³/mol. The van der Waals surface area contributed by atoms with Gasteiger partial charge in [-0.1, -0.05) is 52.8 Å². The Kier molecular flexibility index (Phi) is 6.53. The maximum Gasteiger partial charge on any atom is 0.387 e. The molecule has 0 radical (unpaired) electrons. The quantitative estimate of drug-likeness (QED) is 0.326. The first-order chi connectivity index (χ1) is 10.3. The first kappa shape index (κ1) is 18.1. The lowest BCUT2D eigenvalue weighted by Crippen LogP contribution is -2.33. The molecule has 0 amide bonds. The Morgan fingerprint density at radius 3 is 2.05 bits per heavy atom. The number of hydrogen-bond donors (Lipinski definition) is 0. The van der Waals surface area contributed by atoms with E-state index in [1.165, 1.54) is 0 Å². The molecule has 0 spiro atoms. The third-order valence-corrected chi connectivity index (χ3v) is 3.61. The highest BCUT2D eigenvalue weighted by atomic mass is 16.6. The molecule has 0 bridgehead atoms. The Balaban J connectivity index is 3.19. The van der Waals surface area contributed by atoms with E-state index >= 15 is 0 Å². The van der Waals surface area contributed by atoms with Crippen LogP contribution in [0.1, 0.15) is 70.4 Å². The van der Waals surface area contributed by atoms with Gasteiger partial charge in [-0.2, -0.15) is 0 Å². The average molecular weight is 307 g/mol. The molecule has 1 aromatic carbocycles. The van der Waals surface area contributed by atoms with Crippen molar-refractivity contribution in [3.63, 3.8) is 0 Å². The van der Waals surface area contributed by atoms with E-state index in [2.05, 4.69) is 0 Å².